The zero-order valence-corrected chi connectivity index (χ0v) is 10.7. The minimum absolute atomic E-state index is 0.0597. The molecule has 0 spiro atoms. The first-order chi connectivity index (χ1) is 8.66. The molecule has 0 saturated heterocycles. The molecule has 2 aromatic carbocycles. The van der Waals surface area contributed by atoms with E-state index in [9.17, 15) is 4.79 Å². The molecular formula is C15H13ClO2. The van der Waals surface area contributed by atoms with Gasteiger partial charge in [0.1, 0.15) is 5.75 Å². The van der Waals surface area contributed by atoms with Gasteiger partial charge in [-0.05, 0) is 43.3 Å². The summed E-state index contributed by atoms with van der Waals surface area (Å²) < 4.78 is 5.58. The van der Waals surface area contributed by atoms with Crippen molar-refractivity contribution in [2.75, 3.05) is 0 Å². The lowest BCUT2D eigenvalue weighted by atomic mass is 10.1. The van der Waals surface area contributed by atoms with Gasteiger partial charge in [0, 0.05) is 10.6 Å². The highest BCUT2D eigenvalue weighted by Crippen LogP contribution is 2.15. The van der Waals surface area contributed by atoms with Crippen molar-refractivity contribution in [3.05, 3.63) is 65.2 Å². The molecule has 0 heterocycles. The Morgan fingerprint density at radius 2 is 1.67 bits per heavy atom. The van der Waals surface area contributed by atoms with Gasteiger partial charge in [-0.15, -0.1) is 0 Å². The molecule has 0 bridgehead atoms. The third-order valence-corrected chi connectivity index (χ3v) is 2.81. The number of ether oxygens (including phenoxy) is 1. The van der Waals surface area contributed by atoms with Gasteiger partial charge >= 0.3 is 0 Å². The van der Waals surface area contributed by atoms with Crippen molar-refractivity contribution >= 4 is 17.4 Å². The number of benzene rings is 2. The molecule has 18 heavy (non-hydrogen) atoms. The minimum atomic E-state index is -0.520. The van der Waals surface area contributed by atoms with Crippen LogP contribution in [0.5, 0.6) is 5.75 Å². The second kappa shape index (κ2) is 5.69. The van der Waals surface area contributed by atoms with E-state index >= 15 is 0 Å². The smallest absolute Gasteiger partial charge is 0.202 e. The zero-order chi connectivity index (χ0) is 13.0. The lowest BCUT2D eigenvalue weighted by Gasteiger charge is -2.13. The van der Waals surface area contributed by atoms with E-state index in [0.29, 0.717) is 16.3 Å². The van der Waals surface area contributed by atoms with Crippen molar-refractivity contribution in [1.29, 1.82) is 0 Å². The third kappa shape index (κ3) is 3.11. The van der Waals surface area contributed by atoms with Crippen LogP contribution in [-0.2, 0) is 0 Å². The van der Waals surface area contributed by atoms with Crippen LogP contribution in [0.3, 0.4) is 0 Å². The summed E-state index contributed by atoms with van der Waals surface area (Å²) in [7, 11) is 0. The van der Waals surface area contributed by atoms with E-state index in [1.165, 1.54) is 0 Å². The first-order valence-corrected chi connectivity index (χ1v) is 6.06. The minimum Gasteiger partial charge on any atom is -0.483 e. The van der Waals surface area contributed by atoms with Crippen LogP contribution in [0.25, 0.3) is 0 Å². The number of rotatable bonds is 4. The summed E-state index contributed by atoms with van der Waals surface area (Å²) in [6.45, 7) is 1.74. The maximum Gasteiger partial charge on any atom is 0.202 e. The van der Waals surface area contributed by atoms with Gasteiger partial charge in [0.2, 0.25) is 5.78 Å². The fourth-order valence-electron chi connectivity index (χ4n) is 1.61. The Labute approximate surface area is 111 Å². The average molecular weight is 261 g/mol. The summed E-state index contributed by atoms with van der Waals surface area (Å²) in [6, 6.07) is 16.1. The molecule has 0 saturated carbocycles. The number of carbonyl (C=O) groups excluding carboxylic acids is 1. The Balaban J connectivity index is 2.07. The number of para-hydroxylation sites is 1. The Morgan fingerprint density at radius 1 is 1.06 bits per heavy atom. The van der Waals surface area contributed by atoms with Gasteiger partial charge in [-0.2, -0.15) is 0 Å². The maximum absolute atomic E-state index is 12.1. The van der Waals surface area contributed by atoms with E-state index < -0.39 is 6.10 Å². The molecule has 0 aromatic heterocycles. The lowest BCUT2D eigenvalue weighted by molar-refractivity contribution is 0.0818. The van der Waals surface area contributed by atoms with Crippen molar-refractivity contribution in [2.24, 2.45) is 0 Å². The van der Waals surface area contributed by atoms with Gasteiger partial charge in [-0.3, -0.25) is 4.79 Å². The molecule has 1 atom stereocenters. The lowest BCUT2D eigenvalue weighted by Crippen LogP contribution is -2.23. The van der Waals surface area contributed by atoms with Gasteiger partial charge in [0.05, 0.1) is 0 Å². The number of Topliss-reactive ketones (excluding diaryl/α,β-unsaturated/α-hetero) is 1. The van der Waals surface area contributed by atoms with Gasteiger partial charge in [0.15, 0.2) is 6.10 Å². The van der Waals surface area contributed by atoms with Crippen LogP contribution in [-0.4, -0.2) is 11.9 Å². The third-order valence-electron chi connectivity index (χ3n) is 2.55. The molecule has 0 aliphatic carbocycles. The van der Waals surface area contributed by atoms with E-state index in [-0.39, 0.29) is 5.78 Å². The van der Waals surface area contributed by atoms with Crippen LogP contribution in [0.1, 0.15) is 17.3 Å². The monoisotopic (exact) mass is 260 g/mol. The van der Waals surface area contributed by atoms with Crippen molar-refractivity contribution in [3.8, 4) is 5.75 Å². The SMILES string of the molecule is C[C@@H](Oc1ccccc1)C(=O)c1ccc(Cl)cc1. The number of ketones is 1. The molecule has 0 unspecified atom stereocenters. The molecule has 0 amide bonds. The number of hydrogen-bond donors (Lipinski definition) is 0. The number of halogens is 1. The summed E-state index contributed by atoms with van der Waals surface area (Å²) in [5.74, 6) is 0.628. The molecule has 2 nitrogen and oxygen atoms in total. The van der Waals surface area contributed by atoms with Crippen LogP contribution in [0.4, 0.5) is 0 Å². The largest absolute Gasteiger partial charge is 0.483 e. The highest BCUT2D eigenvalue weighted by molar-refractivity contribution is 6.30. The van der Waals surface area contributed by atoms with Crippen LogP contribution in [0, 0.1) is 0 Å². The van der Waals surface area contributed by atoms with Crippen molar-refractivity contribution in [2.45, 2.75) is 13.0 Å². The molecule has 2 aromatic rings. The molecule has 2 rings (SSSR count). The first-order valence-electron chi connectivity index (χ1n) is 5.68. The van der Waals surface area contributed by atoms with E-state index in [0.717, 1.165) is 0 Å². The second-order valence-corrected chi connectivity index (χ2v) is 4.38. The van der Waals surface area contributed by atoms with Gasteiger partial charge in [-0.1, -0.05) is 29.8 Å². The summed E-state index contributed by atoms with van der Waals surface area (Å²) in [5, 5.41) is 0.614. The van der Waals surface area contributed by atoms with Crippen molar-refractivity contribution < 1.29 is 9.53 Å². The predicted molar refractivity (Wildman–Crippen MR) is 72.3 cm³/mol. The van der Waals surface area contributed by atoms with Crippen LogP contribution in [0.15, 0.2) is 54.6 Å². The van der Waals surface area contributed by atoms with Crippen LogP contribution >= 0.6 is 11.6 Å². The first kappa shape index (κ1) is 12.7. The summed E-state index contributed by atoms with van der Waals surface area (Å²) >= 11 is 5.78. The molecule has 0 radical (unpaired) electrons. The van der Waals surface area contributed by atoms with Crippen LogP contribution < -0.4 is 4.74 Å². The topological polar surface area (TPSA) is 26.3 Å². The fraction of sp³-hybridized carbons (Fsp3) is 0.133. The molecular weight excluding hydrogens is 248 g/mol. The highest BCUT2D eigenvalue weighted by atomic mass is 35.5. The van der Waals surface area contributed by atoms with E-state index in [1.807, 2.05) is 30.3 Å². The van der Waals surface area contributed by atoms with Gasteiger partial charge < -0.3 is 4.74 Å². The molecule has 0 N–H and O–H groups in total. The van der Waals surface area contributed by atoms with Gasteiger partial charge in [-0.25, -0.2) is 0 Å². The van der Waals surface area contributed by atoms with E-state index in [1.54, 1.807) is 31.2 Å². The fourth-order valence-corrected chi connectivity index (χ4v) is 1.73. The van der Waals surface area contributed by atoms with E-state index in [2.05, 4.69) is 0 Å². The quantitative estimate of drug-likeness (QED) is 0.777. The highest BCUT2D eigenvalue weighted by Gasteiger charge is 2.16. The Morgan fingerprint density at radius 3 is 2.28 bits per heavy atom. The molecule has 3 heteroatoms. The molecule has 0 aliphatic rings. The summed E-state index contributed by atoms with van der Waals surface area (Å²) in [6.07, 6.45) is -0.520. The van der Waals surface area contributed by atoms with Crippen molar-refractivity contribution in [3.63, 3.8) is 0 Å². The number of hydrogen-bond acceptors (Lipinski definition) is 2. The predicted octanol–water partition coefficient (Wildman–Crippen LogP) is 3.99. The number of carbonyl (C=O) groups is 1. The average Bonchev–Trinajstić information content (AvgIpc) is 2.40. The zero-order valence-electron chi connectivity index (χ0n) is 9.97. The van der Waals surface area contributed by atoms with Gasteiger partial charge in [0.25, 0.3) is 0 Å². The molecule has 0 aliphatic heterocycles. The standard InChI is InChI=1S/C15H13ClO2/c1-11(18-14-5-3-2-4-6-14)15(17)12-7-9-13(16)10-8-12/h2-11H,1H3/t11-/m1/s1. The summed E-state index contributed by atoms with van der Waals surface area (Å²) in [4.78, 5) is 12.1. The Kier molecular flexibility index (Phi) is 4.00. The Hall–Kier alpha value is -1.80. The molecule has 92 valence electrons. The second-order valence-electron chi connectivity index (χ2n) is 3.94. The normalized spacial score (nSPS) is 11.9. The Bertz CT molecular complexity index is 520. The van der Waals surface area contributed by atoms with Crippen molar-refractivity contribution in [1.82, 2.24) is 0 Å². The van der Waals surface area contributed by atoms with E-state index in [4.69, 9.17) is 16.3 Å². The van der Waals surface area contributed by atoms with Crippen LogP contribution in [0.2, 0.25) is 5.02 Å². The molecule has 0 fully saturated rings. The summed E-state index contributed by atoms with van der Waals surface area (Å²) in [5.41, 5.74) is 0.600. The maximum atomic E-state index is 12.1.